The van der Waals surface area contributed by atoms with E-state index in [2.05, 4.69) is 27.7 Å². The molecule has 3 aliphatic rings. The first-order chi connectivity index (χ1) is 26.2. The van der Waals surface area contributed by atoms with Gasteiger partial charge in [-0.1, -0.05) is 66.7 Å². The van der Waals surface area contributed by atoms with E-state index >= 15 is 0 Å². The van der Waals surface area contributed by atoms with Crippen molar-refractivity contribution >= 4 is 11.9 Å². The molecule has 54 heavy (non-hydrogen) atoms. The van der Waals surface area contributed by atoms with E-state index in [1.54, 1.807) is 36.4 Å². The van der Waals surface area contributed by atoms with E-state index in [0.717, 1.165) is 63.4 Å². The van der Waals surface area contributed by atoms with Gasteiger partial charge < -0.3 is 35.4 Å². The minimum Gasteiger partial charge on any atom is -0.510 e. The first kappa shape index (κ1) is 38.9. The zero-order chi connectivity index (χ0) is 37.9. The van der Waals surface area contributed by atoms with Crippen molar-refractivity contribution in [2.45, 2.75) is 56.4 Å². The van der Waals surface area contributed by atoms with Crippen molar-refractivity contribution in [3.8, 4) is 5.75 Å². The summed E-state index contributed by atoms with van der Waals surface area (Å²) < 4.78 is 26.2. The normalized spacial score (nSPS) is 20.5. The molecule has 4 atom stereocenters. The zero-order valence-electron chi connectivity index (χ0n) is 30.4. The first-order valence-electron chi connectivity index (χ1n) is 18.8. The highest BCUT2D eigenvalue weighted by atomic mass is 19.1. The van der Waals surface area contributed by atoms with E-state index in [-0.39, 0.29) is 41.2 Å². The van der Waals surface area contributed by atoms with Gasteiger partial charge >= 0.3 is 5.97 Å². The Hall–Kier alpha value is -4.81. The van der Waals surface area contributed by atoms with E-state index < -0.39 is 29.5 Å². The molecule has 0 radical (unpaired) electrons. The second-order valence-corrected chi connectivity index (χ2v) is 14.3. The number of esters is 1. The number of piperidine rings is 1. The molecule has 2 heterocycles. The van der Waals surface area contributed by atoms with Crippen molar-refractivity contribution in [1.82, 2.24) is 15.5 Å². The molecule has 4 unspecified atom stereocenters. The van der Waals surface area contributed by atoms with Crippen molar-refractivity contribution in [3.63, 3.8) is 0 Å². The maximum Gasteiger partial charge on any atom is 0.347 e. The summed E-state index contributed by atoms with van der Waals surface area (Å²) in [5, 5.41) is 39.0. The molecule has 0 saturated carbocycles. The van der Waals surface area contributed by atoms with Gasteiger partial charge in [-0.25, -0.2) is 9.18 Å². The lowest BCUT2D eigenvalue weighted by molar-refractivity contribution is -0.164. The lowest BCUT2D eigenvalue weighted by Crippen LogP contribution is -2.47. The van der Waals surface area contributed by atoms with Crippen molar-refractivity contribution in [2.75, 3.05) is 39.4 Å². The van der Waals surface area contributed by atoms with Crippen LogP contribution in [0.2, 0.25) is 0 Å². The summed E-state index contributed by atoms with van der Waals surface area (Å²) in [5.41, 5.74) is 0.0612. The molecule has 286 valence electrons. The van der Waals surface area contributed by atoms with Crippen molar-refractivity contribution in [3.05, 3.63) is 137 Å². The number of nitrogens with one attached hydrogen (secondary N) is 2. The van der Waals surface area contributed by atoms with E-state index in [4.69, 9.17) is 9.47 Å². The summed E-state index contributed by atoms with van der Waals surface area (Å²) in [7, 11) is 0. The van der Waals surface area contributed by atoms with Gasteiger partial charge in [0, 0.05) is 30.1 Å². The van der Waals surface area contributed by atoms with Crippen molar-refractivity contribution in [1.29, 1.82) is 0 Å². The van der Waals surface area contributed by atoms with Crippen LogP contribution in [-0.2, 0) is 26.5 Å². The Labute approximate surface area is 316 Å². The molecule has 2 aliphatic heterocycles. The Morgan fingerprint density at radius 3 is 2.52 bits per heavy atom. The molecule has 3 aromatic rings. The molecule has 0 bridgehead atoms. The van der Waals surface area contributed by atoms with Crippen molar-refractivity contribution < 1.29 is 38.8 Å². The van der Waals surface area contributed by atoms with Gasteiger partial charge in [-0.3, -0.25) is 9.69 Å². The van der Waals surface area contributed by atoms with Crippen LogP contribution in [0.25, 0.3) is 0 Å². The highest BCUT2D eigenvalue weighted by Crippen LogP contribution is 2.35. The maximum absolute atomic E-state index is 14.4. The highest BCUT2D eigenvalue weighted by molar-refractivity contribution is 5.89. The number of ether oxygens (including phenoxy) is 2. The number of unbranched alkanes of at least 4 members (excludes halogenated alkanes) is 2. The molecule has 3 aromatic carbocycles. The third-order valence-corrected chi connectivity index (χ3v) is 10.4. The van der Waals surface area contributed by atoms with Crippen LogP contribution in [0.15, 0.2) is 114 Å². The van der Waals surface area contributed by atoms with Gasteiger partial charge in [0.25, 0.3) is 0 Å². The van der Waals surface area contributed by atoms with Gasteiger partial charge in [0.15, 0.2) is 0 Å². The topological polar surface area (TPSA) is 141 Å². The molecule has 0 aromatic heterocycles. The predicted octanol–water partition coefficient (Wildman–Crippen LogP) is 5.07. The van der Waals surface area contributed by atoms with E-state index in [1.807, 2.05) is 18.2 Å². The number of hydrogen-bond acceptors (Lipinski definition) is 9. The Kier molecular flexibility index (Phi) is 13.3. The number of aliphatic hydroxyl groups is 3. The summed E-state index contributed by atoms with van der Waals surface area (Å²) in [6.45, 7) is 4.22. The second-order valence-electron chi connectivity index (χ2n) is 14.3. The van der Waals surface area contributed by atoms with Crippen LogP contribution in [0.1, 0.15) is 48.8 Å². The molecular formula is C43H50FN3O7. The zero-order valence-corrected chi connectivity index (χ0v) is 30.4. The summed E-state index contributed by atoms with van der Waals surface area (Å²) in [6, 6.07) is 21.8. The van der Waals surface area contributed by atoms with Gasteiger partial charge in [-0.2, -0.15) is 0 Å². The average Bonchev–Trinajstić information content (AvgIpc) is 3.19. The number of nitrogens with zero attached hydrogens (tertiary/aromatic N) is 1. The van der Waals surface area contributed by atoms with E-state index in [9.17, 15) is 29.3 Å². The Morgan fingerprint density at radius 1 is 0.981 bits per heavy atom. The van der Waals surface area contributed by atoms with Crippen LogP contribution in [0, 0.1) is 17.7 Å². The number of carbonyl (C=O) groups excluding carboxylic acids is 2. The Balaban J connectivity index is 0.963. The summed E-state index contributed by atoms with van der Waals surface area (Å²) >= 11 is 0. The Morgan fingerprint density at radius 2 is 1.74 bits per heavy atom. The van der Waals surface area contributed by atoms with E-state index in [1.165, 1.54) is 35.9 Å². The van der Waals surface area contributed by atoms with Gasteiger partial charge in [0.1, 0.15) is 17.3 Å². The molecule has 1 saturated heterocycles. The molecule has 1 amide bonds. The van der Waals surface area contributed by atoms with Crippen LogP contribution in [-0.4, -0.2) is 83.6 Å². The number of likely N-dealkylation sites (tertiary alicyclic amines) is 1. The molecule has 11 heteroatoms. The predicted molar refractivity (Wildman–Crippen MR) is 203 cm³/mol. The number of benzene rings is 3. The van der Waals surface area contributed by atoms with Gasteiger partial charge in [-0.15, -0.1) is 0 Å². The fourth-order valence-corrected chi connectivity index (χ4v) is 7.34. The number of amides is 1. The van der Waals surface area contributed by atoms with Crippen LogP contribution in [0.4, 0.5) is 4.39 Å². The Bertz CT molecular complexity index is 1820. The monoisotopic (exact) mass is 739 g/mol. The largest absolute Gasteiger partial charge is 0.510 e. The van der Waals surface area contributed by atoms with Crippen LogP contribution in [0.5, 0.6) is 5.75 Å². The lowest BCUT2D eigenvalue weighted by Gasteiger charge is -2.34. The first-order valence-corrected chi connectivity index (χ1v) is 18.8. The van der Waals surface area contributed by atoms with Gasteiger partial charge in [0.2, 0.25) is 11.5 Å². The highest BCUT2D eigenvalue weighted by Gasteiger charge is 2.43. The van der Waals surface area contributed by atoms with Crippen LogP contribution in [0.3, 0.4) is 0 Å². The standard InChI is InChI=1S/C43H50FN3O7/c44-34-13-7-11-32(25-34)43(52,42(51)54-29-31-19-22-47(23-20-31)28-30-9-3-1-4-10-30)33-12-8-14-35(26-33)53-24-6-2-5-21-45-27-39(49)36-15-17-38(48)41-37(36)16-18-40(50)46-41/h1,3-4,7-18,25-26,31,37,39,41,45,48-49,52H,2,5-6,19-24,27-29H2,(H,46,50). The minimum atomic E-state index is -2.24. The SMILES string of the molecule is O=C1C=CC2C(C(O)CNCCCCCOc3cccc(C(O)(C(=O)OCC4CCN(Cc5ccccc5)CC4)c4cccc(F)c4)c3)=CC=C(O)C2N1. The minimum absolute atomic E-state index is 0.0669. The molecule has 1 aliphatic carbocycles. The smallest absolute Gasteiger partial charge is 0.347 e. The molecule has 0 spiro atoms. The fourth-order valence-electron chi connectivity index (χ4n) is 7.34. The number of fused-ring (bicyclic) bond motifs is 1. The quantitative estimate of drug-likeness (QED) is 0.0949. The summed E-state index contributed by atoms with van der Waals surface area (Å²) in [4.78, 5) is 27.8. The summed E-state index contributed by atoms with van der Waals surface area (Å²) in [6.07, 6.45) is 9.75. The van der Waals surface area contributed by atoms with Gasteiger partial charge in [-0.05, 0) is 105 Å². The molecule has 5 N–H and O–H groups in total. The number of aliphatic hydroxyl groups excluding tert-OH is 2. The van der Waals surface area contributed by atoms with E-state index in [0.29, 0.717) is 25.4 Å². The lowest BCUT2D eigenvalue weighted by atomic mass is 9.81. The molecule has 6 rings (SSSR count). The second kappa shape index (κ2) is 18.5. The van der Waals surface area contributed by atoms with Gasteiger partial charge in [0.05, 0.1) is 25.4 Å². The number of allylic oxidation sites excluding steroid dienone is 2. The van der Waals surface area contributed by atoms with Crippen LogP contribution >= 0.6 is 0 Å². The molecular weight excluding hydrogens is 689 g/mol. The van der Waals surface area contributed by atoms with Crippen LogP contribution < -0.4 is 15.4 Å². The third kappa shape index (κ3) is 9.83. The van der Waals surface area contributed by atoms with Crippen molar-refractivity contribution in [2.24, 2.45) is 11.8 Å². The molecule has 10 nitrogen and oxygen atoms in total. The number of carbonyl (C=O) groups is 2. The summed E-state index contributed by atoms with van der Waals surface area (Å²) in [5.74, 6) is -1.31. The number of rotatable bonds is 17. The maximum atomic E-state index is 14.4. The number of halogens is 1. The third-order valence-electron chi connectivity index (χ3n) is 10.4. The molecule has 1 fully saturated rings. The fraction of sp³-hybridized carbons (Fsp3) is 0.395. The average molecular weight is 740 g/mol. The number of hydrogen-bond donors (Lipinski definition) is 5.